The summed E-state index contributed by atoms with van der Waals surface area (Å²) < 4.78 is 7.55. The lowest BCUT2D eigenvalue weighted by Gasteiger charge is -2.07. The Kier molecular flexibility index (Phi) is 3.16. The van der Waals surface area contributed by atoms with Crippen LogP contribution in [0.3, 0.4) is 0 Å². The van der Waals surface area contributed by atoms with Crippen LogP contribution in [0, 0.1) is 0 Å². The number of hydrogen-bond acceptors (Lipinski definition) is 3. The molecule has 0 fully saturated rings. The summed E-state index contributed by atoms with van der Waals surface area (Å²) in [5.74, 6) is 0.867. The van der Waals surface area contributed by atoms with Crippen LogP contribution >= 0.6 is 0 Å². The van der Waals surface area contributed by atoms with E-state index < -0.39 is 0 Å². The fraction of sp³-hybridized carbons (Fsp3) is 0.188. The summed E-state index contributed by atoms with van der Waals surface area (Å²) in [6, 6.07) is 12.1. The minimum Gasteiger partial charge on any atom is -0.495 e. The van der Waals surface area contributed by atoms with Gasteiger partial charge in [0.15, 0.2) is 0 Å². The summed E-state index contributed by atoms with van der Waals surface area (Å²) in [5, 5.41) is 1.14. The van der Waals surface area contributed by atoms with E-state index in [-0.39, 0.29) is 0 Å². The zero-order valence-electron chi connectivity index (χ0n) is 11.6. The van der Waals surface area contributed by atoms with Gasteiger partial charge < -0.3 is 15.0 Å². The Bertz CT molecular complexity index is 762. The van der Waals surface area contributed by atoms with Crippen LogP contribution in [0.15, 0.2) is 42.6 Å². The molecule has 0 saturated carbocycles. The summed E-state index contributed by atoms with van der Waals surface area (Å²) in [7, 11) is 3.71. The number of fused-ring (bicyclic) bond motifs is 1. The van der Waals surface area contributed by atoms with Gasteiger partial charge in [0.2, 0.25) is 0 Å². The highest BCUT2D eigenvalue weighted by atomic mass is 16.5. The Hall–Kier alpha value is -2.33. The minimum atomic E-state index is 0.517. The number of rotatable bonds is 3. The van der Waals surface area contributed by atoms with Crippen LogP contribution in [0.1, 0.15) is 5.56 Å². The number of para-hydroxylation sites is 1. The first-order valence-electron chi connectivity index (χ1n) is 6.52. The van der Waals surface area contributed by atoms with E-state index in [1.54, 1.807) is 13.3 Å². The average molecular weight is 267 g/mol. The molecule has 0 aliphatic rings. The van der Waals surface area contributed by atoms with Crippen molar-refractivity contribution in [2.45, 2.75) is 6.54 Å². The minimum absolute atomic E-state index is 0.517. The molecule has 0 atom stereocenters. The van der Waals surface area contributed by atoms with Crippen LogP contribution in [0.4, 0.5) is 0 Å². The van der Waals surface area contributed by atoms with E-state index in [1.165, 1.54) is 0 Å². The number of hydrogen-bond donors (Lipinski definition) is 1. The fourth-order valence-electron chi connectivity index (χ4n) is 2.53. The maximum atomic E-state index is 5.70. The third kappa shape index (κ3) is 1.94. The van der Waals surface area contributed by atoms with Gasteiger partial charge in [-0.05, 0) is 29.8 Å². The number of ether oxygens (including phenoxy) is 1. The molecule has 2 N–H and O–H groups in total. The third-order valence-corrected chi connectivity index (χ3v) is 3.56. The van der Waals surface area contributed by atoms with E-state index in [0.29, 0.717) is 6.54 Å². The smallest absolute Gasteiger partial charge is 0.143 e. The summed E-state index contributed by atoms with van der Waals surface area (Å²) in [6.07, 6.45) is 1.80. The van der Waals surface area contributed by atoms with Crippen LogP contribution in [-0.2, 0) is 13.6 Å². The highest BCUT2D eigenvalue weighted by Crippen LogP contribution is 2.32. The van der Waals surface area contributed by atoms with E-state index in [2.05, 4.69) is 21.7 Å². The summed E-state index contributed by atoms with van der Waals surface area (Å²) in [5.41, 5.74) is 9.83. The molecule has 0 bridgehead atoms. The Morgan fingerprint density at radius 2 is 2.10 bits per heavy atom. The second-order valence-electron chi connectivity index (χ2n) is 4.74. The molecule has 1 aromatic carbocycles. The van der Waals surface area contributed by atoms with Gasteiger partial charge in [-0.3, -0.25) is 4.98 Å². The Labute approximate surface area is 117 Å². The van der Waals surface area contributed by atoms with Crippen molar-refractivity contribution in [3.8, 4) is 17.1 Å². The highest BCUT2D eigenvalue weighted by Gasteiger charge is 2.12. The lowest BCUT2D eigenvalue weighted by Crippen LogP contribution is -1.99. The molecule has 0 aliphatic heterocycles. The zero-order chi connectivity index (χ0) is 14.1. The van der Waals surface area contributed by atoms with E-state index >= 15 is 0 Å². The first kappa shape index (κ1) is 12.7. The van der Waals surface area contributed by atoms with Crippen molar-refractivity contribution in [1.82, 2.24) is 9.55 Å². The van der Waals surface area contributed by atoms with Gasteiger partial charge in [0.25, 0.3) is 0 Å². The molecule has 3 aromatic rings. The molecular weight excluding hydrogens is 250 g/mol. The van der Waals surface area contributed by atoms with Gasteiger partial charge in [0.05, 0.1) is 24.0 Å². The van der Waals surface area contributed by atoms with Gasteiger partial charge in [-0.2, -0.15) is 0 Å². The first-order valence-corrected chi connectivity index (χ1v) is 6.52. The molecule has 4 nitrogen and oxygen atoms in total. The SMILES string of the molecule is COc1cccc2cc(-c3cc(CN)ccn3)n(C)c12. The van der Waals surface area contributed by atoms with Crippen molar-refractivity contribution in [2.75, 3.05) is 7.11 Å². The highest BCUT2D eigenvalue weighted by molar-refractivity contribution is 5.90. The van der Waals surface area contributed by atoms with Crippen LogP contribution < -0.4 is 10.5 Å². The molecule has 0 saturated heterocycles. The standard InChI is InChI=1S/C16H17N3O/c1-19-14(13-8-11(10-17)6-7-18-13)9-12-4-3-5-15(20-2)16(12)19/h3-9H,10,17H2,1-2H3. The predicted octanol–water partition coefficient (Wildman–Crippen LogP) is 2.71. The molecule has 102 valence electrons. The Morgan fingerprint density at radius 1 is 1.25 bits per heavy atom. The summed E-state index contributed by atoms with van der Waals surface area (Å²) >= 11 is 0. The van der Waals surface area contributed by atoms with Crippen molar-refractivity contribution >= 4 is 10.9 Å². The second-order valence-corrected chi connectivity index (χ2v) is 4.74. The number of pyridine rings is 1. The number of aromatic nitrogens is 2. The normalized spacial score (nSPS) is 10.9. The molecule has 2 aromatic heterocycles. The topological polar surface area (TPSA) is 53.1 Å². The zero-order valence-corrected chi connectivity index (χ0v) is 11.6. The molecule has 20 heavy (non-hydrogen) atoms. The van der Waals surface area contributed by atoms with E-state index in [1.807, 2.05) is 31.3 Å². The maximum absolute atomic E-state index is 5.70. The van der Waals surface area contributed by atoms with Crippen molar-refractivity contribution in [3.63, 3.8) is 0 Å². The molecular formula is C16H17N3O. The van der Waals surface area contributed by atoms with Crippen molar-refractivity contribution < 1.29 is 4.74 Å². The lowest BCUT2D eigenvalue weighted by atomic mass is 10.2. The Balaban J connectivity index is 2.24. The van der Waals surface area contributed by atoms with Gasteiger partial charge in [-0.25, -0.2) is 0 Å². The van der Waals surface area contributed by atoms with Crippen LogP contribution in [-0.4, -0.2) is 16.7 Å². The average Bonchev–Trinajstić information content (AvgIpc) is 2.84. The molecule has 3 rings (SSSR count). The third-order valence-electron chi connectivity index (χ3n) is 3.56. The fourth-order valence-corrected chi connectivity index (χ4v) is 2.53. The monoisotopic (exact) mass is 267 g/mol. The van der Waals surface area contributed by atoms with Crippen LogP contribution in [0.25, 0.3) is 22.3 Å². The lowest BCUT2D eigenvalue weighted by molar-refractivity contribution is 0.418. The van der Waals surface area contributed by atoms with Crippen molar-refractivity contribution in [3.05, 3.63) is 48.2 Å². The number of methoxy groups -OCH3 is 1. The van der Waals surface area contributed by atoms with Crippen LogP contribution in [0.5, 0.6) is 5.75 Å². The molecule has 0 radical (unpaired) electrons. The van der Waals surface area contributed by atoms with Gasteiger partial charge in [0, 0.05) is 25.2 Å². The van der Waals surface area contributed by atoms with Crippen molar-refractivity contribution in [1.29, 1.82) is 0 Å². The largest absolute Gasteiger partial charge is 0.495 e. The molecule has 4 heteroatoms. The van der Waals surface area contributed by atoms with Gasteiger partial charge >= 0.3 is 0 Å². The number of nitrogens with zero attached hydrogens (tertiary/aromatic N) is 2. The van der Waals surface area contributed by atoms with Gasteiger partial charge in [-0.1, -0.05) is 12.1 Å². The van der Waals surface area contributed by atoms with E-state index in [4.69, 9.17) is 10.5 Å². The first-order chi connectivity index (χ1) is 9.74. The molecule has 0 unspecified atom stereocenters. The Morgan fingerprint density at radius 3 is 2.85 bits per heavy atom. The maximum Gasteiger partial charge on any atom is 0.143 e. The van der Waals surface area contributed by atoms with Gasteiger partial charge in [0.1, 0.15) is 5.75 Å². The molecule has 0 amide bonds. The van der Waals surface area contributed by atoms with E-state index in [0.717, 1.165) is 33.6 Å². The molecule has 2 heterocycles. The summed E-state index contributed by atoms with van der Waals surface area (Å²) in [6.45, 7) is 0.517. The number of nitrogens with two attached hydrogens (primary N) is 1. The summed E-state index contributed by atoms with van der Waals surface area (Å²) in [4.78, 5) is 4.45. The number of aryl methyl sites for hydroxylation is 1. The van der Waals surface area contributed by atoms with Gasteiger partial charge in [-0.15, -0.1) is 0 Å². The quantitative estimate of drug-likeness (QED) is 0.793. The predicted molar refractivity (Wildman–Crippen MR) is 80.6 cm³/mol. The second kappa shape index (κ2) is 4.98. The van der Waals surface area contributed by atoms with Crippen LogP contribution in [0.2, 0.25) is 0 Å². The molecule has 0 spiro atoms. The van der Waals surface area contributed by atoms with E-state index in [9.17, 15) is 0 Å². The van der Waals surface area contributed by atoms with Crippen molar-refractivity contribution in [2.24, 2.45) is 12.8 Å². The molecule has 0 aliphatic carbocycles. The number of benzene rings is 1.